The number of rotatable bonds is 2. The molecule has 0 unspecified atom stereocenters. The quantitative estimate of drug-likeness (QED) is 0.205. The summed E-state index contributed by atoms with van der Waals surface area (Å²) in [7, 11) is 0. The van der Waals surface area contributed by atoms with E-state index in [1.165, 1.54) is 77.5 Å². The maximum atomic E-state index is 6.58. The monoisotopic (exact) mass is 560 g/mol. The molecule has 0 radical (unpaired) electrons. The van der Waals surface area contributed by atoms with Gasteiger partial charge >= 0.3 is 0 Å². The molecule has 44 heavy (non-hydrogen) atoms. The van der Waals surface area contributed by atoms with E-state index in [1.807, 2.05) is 0 Å². The van der Waals surface area contributed by atoms with Crippen LogP contribution >= 0.6 is 0 Å². The second-order valence-corrected chi connectivity index (χ2v) is 12.9. The first kappa shape index (κ1) is 24.1. The summed E-state index contributed by atoms with van der Waals surface area (Å²) in [6, 6.07) is 49.1. The summed E-state index contributed by atoms with van der Waals surface area (Å²) in [4.78, 5) is 0. The summed E-state index contributed by atoms with van der Waals surface area (Å²) >= 11 is 0. The summed E-state index contributed by atoms with van der Waals surface area (Å²) in [5, 5.41) is 4.94. The number of furan rings is 1. The minimum Gasteiger partial charge on any atom is -0.456 e. The molecule has 0 aliphatic heterocycles. The van der Waals surface area contributed by atoms with Crippen LogP contribution in [-0.2, 0) is 5.41 Å². The lowest BCUT2D eigenvalue weighted by molar-refractivity contribution is 0.660. The molecule has 0 saturated carbocycles. The first-order valence-corrected chi connectivity index (χ1v) is 15.4. The van der Waals surface area contributed by atoms with Crippen LogP contribution in [0.25, 0.3) is 88.3 Å². The van der Waals surface area contributed by atoms with Crippen LogP contribution in [0, 0.1) is 0 Å². The van der Waals surface area contributed by atoms with Crippen molar-refractivity contribution in [3.63, 3.8) is 0 Å². The van der Waals surface area contributed by atoms with Crippen LogP contribution in [-0.4, -0.2) is 0 Å². The summed E-state index contributed by atoms with van der Waals surface area (Å²) in [6.45, 7) is 4.67. The maximum absolute atomic E-state index is 6.58. The molecule has 0 bridgehead atoms. The first-order valence-electron chi connectivity index (χ1n) is 15.4. The Balaban J connectivity index is 1.08. The van der Waals surface area contributed by atoms with Gasteiger partial charge in [-0.25, -0.2) is 0 Å². The van der Waals surface area contributed by atoms with Crippen molar-refractivity contribution in [2.24, 2.45) is 0 Å². The molecule has 1 aromatic heterocycles. The van der Waals surface area contributed by atoms with Crippen molar-refractivity contribution < 1.29 is 4.42 Å². The van der Waals surface area contributed by atoms with Crippen molar-refractivity contribution in [2.75, 3.05) is 0 Å². The Kier molecular flexibility index (Phi) is 4.58. The Hall–Kier alpha value is -5.40. The second kappa shape index (κ2) is 8.36. The van der Waals surface area contributed by atoms with Gasteiger partial charge in [-0.05, 0) is 108 Å². The van der Waals surface area contributed by atoms with Crippen LogP contribution in [0.4, 0.5) is 0 Å². The average molecular weight is 561 g/mol. The van der Waals surface area contributed by atoms with Crippen LogP contribution < -0.4 is 0 Å². The molecule has 0 atom stereocenters. The number of fused-ring (bicyclic) bond motifs is 9. The van der Waals surface area contributed by atoms with Crippen molar-refractivity contribution in [1.82, 2.24) is 0 Å². The molecule has 0 saturated heterocycles. The lowest BCUT2D eigenvalue weighted by Crippen LogP contribution is -2.14. The lowest BCUT2D eigenvalue weighted by Gasteiger charge is -2.22. The molecule has 206 valence electrons. The molecule has 8 aromatic rings. The first-order chi connectivity index (χ1) is 21.6. The molecule has 0 N–H and O–H groups in total. The Bertz CT molecular complexity index is 2490. The molecule has 0 spiro atoms. The molecule has 1 heteroatoms. The van der Waals surface area contributed by atoms with Gasteiger partial charge in [0.15, 0.2) is 0 Å². The van der Waals surface area contributed by atoms with Gasteiger partial charge in [-0.2, -0.15) is 0 Å². The lowest BCUT2D eigenvalue weighted by atomic mass is 9.81. The molecule has 1 heterocycles. The molecule has 1 nitrogen and oxygen atoms in total. The van der Waals surface area contributed by atoms with Gasteiger partial charge in [-0.3, -0.25) is 0 Å². The van der Waals surface area contributed by atoms with Gasteiger partial charge in [0.25, 0.3) is 0 Å². The molecule has 7 aromatic carbocycles. The predicted molar refractivity (Wildman–Crippen MR) is 184 cm³/mol. The summed E-state index contributed by atoms with van der Waals surface area (Å²) < 4.78 is 6.58. The van der Waals surface area contributed by atoms with Crippen LogP contribution in [0.15, 0.2) is 138 Å². The molecular formula is C43H28O. The van der Waals surface area contributed by atoms with E-state index in [9.17, 15) is 0 Å². The van der Waals surface area contributed by atoms with Crippen LogP contribution in [0.3, 0.4) is 0 Å². The fraction of sp³-hybridized carbons (Fsp3) is 0.0698. The van der Waals surface area contributed by atoms with E-state index in [-0.39, 0.29) is 5.41 Å². The van der Waals surface area contributed by atoms with E-state index in [0.29, 0.717) is 0 Å². The van der Waals surface area contributed by atoms with Gasteiger partial charge in [0, 0.05) is 16.2 Å². The second-order valence-electron chi connectivity index (χ2n) is 12.9. The SMILES string of the molecule is CC1(C)c2ccccc2-c2ccc(-c3ccc4c(c3)oc3cc(-c5ccc6c7c(cccc57)-c5ccccc5-6)ccc34)cc21. The fourth-order valence-corrected chi connectivity index (χ4v) is 8.07. The molecule has 2 aliphatic carbocycles. The zero-order valence-corrected chi connectivity index (χ0v) is 24.6. The van der Waals surface area contributed by atoms with Gasteiger partial charge in [-0.15, -0.1) is 0 Å². The zero-order valence-electron chi connectivity index (χ0n) is 24.6. The Morgan fingerprint density at radius 1 is 0.386 bits per heavy atom. The normalized spacial score (nSPS) is 13.9. The molecule has 2 aliphatic rings. The molecular weight excluding hydrogens is 532 g/mol. The summed E-state index contributed by atoms with van der Waals surface area (Å²) in [5.74, 6) is 0. The van der Waals surface area contributed by atoms with Gasteiger partial charge in [-0.1, -0.05) is 117 Å². The highest BCUT2D eigenvalue weighted by atomic mass is 16.3. The number of hydrogen-bond donors (Lipinski definition) is 0. The van der Waals surface area contributed by atoms with Crippen molar-refractivity contribution in [1.29, 1.82) is 0 Å². The summed E-state index contributed by atoms with van der Waals surface area (Å²) in [5.41, 5.74) is 17.4. The largest absolute Gasteiger partial charge is 0.456 e. The molecule has 0 amide bonds. The number of benzene rings is 7. The fourth-order valence-electron chi connectivity index (χ4n) is 8.07. The topological polar surface area (TPSA) is 13.1 Å². The van der Waals surface area contributed by atoms with E-state index in [0.717, 1.165) is 21.9 Å². The van der Waals surface area contributed by atoms with Crippen molar-refractivity contribution in [3.8, 4) is 55.6 Å². The smallest absolute Gasteiger partial charge is 0.136 e. The number of hydrogen-bond acceptors (Lipinski definition) is 1. The van der Waals surface area contributed by atoms with Crippen molar-refractivity contribution in [3.05, 3.63) is 145 Å². The summed E-state index contributed by atoms with van der Waals surface area (Å²) in [6.07, 6.45) is 0. The van der Waals surface area contributed by atoms with Crippen molar-refractivity contribution in [2.45, 2.75) is 19.3 Å². The Morgan fingerprint density at radius 2 is 0.932 bits per heavy atom. The molecule has 0 fully saturated rings. The Morgan fingerprint density at radius 3 is 1.73 bits per heavy atom. The van der Waals surface area contributed by atoms with Gasteiger partial charge in [0.05, 0.1) is 0 Å². The minimum atomic E-state index is -0.0206. The van der Waals surface area contributed by atoms with Gasteiger partial charge in [0.1, 0.15) is 11.2 Å². The van der Waals surface area contributed by atoms with Gasteiger partial charge < -0.3 is 4.42 Å². The third kappa shape index (κ3) is 3.09. The van der Waals surface area contributed by atoms with Crippen molar-refractivity contribution >= 4 is 32.7 Å². The highest BCUT2D eigenvalue weighted by molar-refractivity contribution is 6.19. The highest BCUT2D eigenvalue weighted by Crippen LogP contribution is 2.51. The van der Waals surface area contributed by atoms with E-state index in [1.54, 1.807) is 0 Å². The van der Waals surface area contributed by atoms with E-state index in [2.05, 4.69) is 147 Å². The van der Waals surface area contributed by atoms with Crippen LogP contribution in [0.1, 0.15) is 25.0 Å². The standard InChI is InChI=1S/C43H28O/c1-43(2)38-13-6-5-10-31(38)32-17-14-25(22-39(32)43)26-15-18-33-34-19-16-27(24-41(34)44-40(33)23-26)28-20-21-37-30-9-4-3-8-29(30)36-12-7-11-35(28)42(36)37/h3-24H,1-2H3. The zero-order chi connectivity index (χ0) is 29.2. The third-order valence-electron chi connectivity index (χ3n) is 10.2. The van der Waals surface area contributed by atoms with E-state index in [4.69, 9.17) is 4.42 Å². The van der Waals surface area contributed by atoms with Gasteiger partial charge in [0.2, 0.25) is 0 Å². The minimum absolute atomic E-state index is 0.0206. The van der Waals surface area contributed by atoms with E-state index >= 15 is 0 Å². The average Bonchev–Trinajstić information content (AvgIpc) is 3.67. The van der Waals surface area contributed by atoms with Crippen LogP contribution in [0.2, 0.25) is 0 Å². The van der Waals surface area contributed by atoms with Crippen LogP contribution in [0.5, 0.6) is 0 Å². The third-order valence-corrected chi connectivity index (χ3v) is 10.2. The maximum Gasteiger partial charge on any atom is 0.136 e. The predicted octanol–water partition coefficient (Wildman–Crippen LogP) is 12.0. The molecule has 10 rings (SSSR count). The Labute approximate surface area is 256 Å². The van der Waals surface area contributed by atoms with E-state index < -0.39 is 0 Å². The highest BCUT2D eigenvalue weighted by Gasteiger charge is 2.35.